The van der Waals surface area contributed by atoms with Crippen LogP contribution in [0.1, 0.15) is 21.5 Å². The molecule has 0 aliphatic heterocycles. The number of anilines is 1. The summed E-state index contributed by atoms with van der Waals surface area (Å²) in [5.74, 6) is -0.902. The number of benzene rings is 2. The number of hydrogen-bond donors (Lipinski definition) is 2. The fourth-order valence-corrected chi connectivity index (χ4v) is 1.98. The van der Waals surface area contributed by atoms with Gasteiger partial charge in [0.25, 0.3) is 5.91 Å². The largest absolute Gasteiger partial charge is 0.321 e. The Morgan fingerprint density at radius 1 is 1.35 bits per heavy atom. The van der Waals surface area contributed by atoms with Gasteiger partial charge in [-0.25, -0.2) is 4.39 Å². The molecule has 2 aromatic carbocycles. The lowest BCUT2D eigenvalue weighted by Crippen LogP contribution is -2.13. The Bertz CT molecular complexity index is 722. The second-order valence-corrected chi connectivity index (χ2v) is 4.71. The molecule has 3 nitrogen and oxygen atoms in total. The topological polar surface area (TPSA) is 52.9 Å². The van der Waals surface area contributed by atoms with Gasteiger partial charge in [0.05, 0.1) is 11.3 Å². The highest BCUT2D eigenvalue weighted by Crippen LogP contribution is 2.20. The van der Waals surface area contributed by atoms with E-state index >= 15 is 0 Å². The number of nitrogens with zero attached hydrogens (tertiary/aromatic N) is 1. The van der Waals surface area contributed by atoms with E-state index < -0.39 is 11.7 Å². The minimum absolute atomic E-state index is 0.0994. The van der Waals surface area contributed by atoms with Crippen molar-refractivity contribution in [3.8, 4) is 6.07 Å². The molecule has 0 saturated heterocycles. The van der Waals surface area contributed by atoms with Crippen molar-refractivity contribution in [2.75, 3.05) is 5.32 Å². The summed E-state index contributed by atoms with van der Waals surface area (Å²) in [7, 11) is 0. The second-order valence-electron chi connectivity index (χ2n) is 4.23. The van der Waals surface area contributed by atoms with Crippen LogP contribution in [0.3, 0.4) is 0 Å². The number of carbonyl (C=O) groups excluding carboxylic acids is 1. The number of nitriles is 1. The van der Waals surface area contributed by atoms with Crippen LogP contribution < -0.4 is 5.32 Å². The lowest BCUT2D eigenvalue weighted by molar-refractivity contribution is 0.102. The van der Waals surface area contributed by atoms with Gasteiger partial charge >= 0.3 is 0 Å². The average molecular weight is 286 g/mol. The number of aryl methyl sites for hydroxylation is 1. The maximum atomic E-state index is 13.1. The zero-order valence-electron chi connectivity index (χ0n) is 10.6. The van der Waals surface area contributed by atoms with Crippen molar-refractivity contribution in [1.82, 2.24) is 0 Å². The molecule has 0 heterocycles. The van der Waals surface area contributed by atoms with E-state index in [1.807, 2.05) is 0 Å². The third-order valence-electron chi connectivity index (χ3n) is 2.84. The third kappa shape index (κ3) is 2.81. The molecule has 2 rings (SSSR count). The quantitative estimate of drug-likeness (QED) is 0.830. The molecule has 0 unspecified atom stereocenters. The van der Waals surface area contributed by atoms with Crippen LogP contribution in [0.5, 0.6) is 0 Å². The van der Waals surface area contributed by atoms with Crippen LogP contribution in [-0.2, 0) is 0 Å². The van der Waals surface area contributed by atoms with Crippen molar-refractivity contribution < 1.29 is 9.18 Å². The van der Waals surface area contributed by atoms with Crippen molar-refractivity contribution in [3.63, 3.8) is 0 Å². The molecule has 1 amide bonds. The number of rotatable bonds is 2. The van der Waals surface area contributed by atoms with E-state index in [2.05, 4.69) is 24.0 Å². The summed E-state index contributed by atoms with van der Waals surface area (Å²) in [6.07, 6.45) is 0. The molecule has 0 aliphatic carbocycles. The first-order chi connectivity index (χ1) is 9.52. The fourth-order valence-electron chi connectivity index (χ4n) is 1.77. The van der Waals surface area contributed by atoms with Crippen LogP contribution in [0.4, 0.5) is 10.1 Å². The highest BCUT2D eigenvalue weighted by molar-refractivity contribution is 7.80. The van der Waals surface area contributed by atoms with Crippen LogP contribution >= 0.6 is 12.6 Å². The summed E-state index contributed by atoms with van der Waals surface area (Å²) in [5.41, 5.74) is 1.90. The van der Waals surface area contributed by atoms with Gasteiger partial charge < -0.3 is 5.32 Å². The van der Waals surface area contributed by atoms with E-state index in [9.17, 15) is 9.18 Å². The normalized spacial score (nSPS) is 9.90. The molecule has 100 valence electrons. The molecular weight excluding hydrogens is 275 g/mol. The Kier molecular flexibility index (Phi) is 4.06. The van der Waals surface area contributed by atoms with E-state index in [1.54, 1.807) is 25.1 Å². The Morgan fingerprint density at radius 2 is 2.10 bits per heavy atom. The number of hydrogen-bond acceptors (Lipinski definition) is 3. The average Bonchev–Trinajstić information content (AvgIpc) is 2.42. The number of amides is 1. The highest BCUT2D eigenvalue weighted by atomic mass is 32.1. The van der Waals surface area contributed by atoms with Crippen LogP contribution in [0, 0.1) is 24.1 Å². The van der Waals surface area contributed by atoms with Gasteiger partial charge in [-0.1, -0.05) is 12.1 Å². The van der Waals surface area contributed by atoms with Gasteiger partial charge in [0.1, 0.15) is 11.9 Å². The van der Waals surface area contributed by atoms with Crippen LogP contribution in [-0.4, -0.2) is 5.91 Å². The van der Waals surface area contributed by atoms with Crippen LogP contribution in [0.25, 0.3) is 0 Å². The standard InChI is InChI=1S/C15H11FN2OS/c1-9-3-2-4-13(11(9)8-17)18-15(19)10-5-6-12(16)14(20)7-10/h2-7,20H,1H3,(H,18,19). The molecule has 5 heteroatoms. The van der Waals surface area contributed by atoms with Gasteiger partial charge in [-0.15, -0.1) is 12.6 Å². The van der Waals surface area contributed by atoms with Crippen molar-refractivity contribution >= 4 is 24.2 Å². The SMILES string of the molecule is Cc1cccc(NC(=O)c2ccc(F)c(S)c2)c1C#N. The van der Waals surface area contributed by atoms with Crippen molar-refractivity contribution in [1.29, 1.82) is 5.26 Å². The molecule has 20 heavy (non-hydrogen) atoms. The summed E-state index contributed by atoms with van der Waals surface area (Å²) < 4.78 is 13.1. The number of nitrogens with one attached hydrogen (secondary N) is 1. The Hall–Kier alpha value is -2.32. The predicted molar refractivity (Wildman–Crippen MR) is 77.5 cm³/mol. The molecule has 0 saturated carbocycles. The van der Waals surface area contributed by atoms with Gasteiger partial charge in [0.15, 0.2) is 0 Å². The molecule has 0 spiro atoms. The van der Waals surface area contributed by atoms with Gasteiger partial charge in [-0.2, -0.15) is 5.26 Å². The van der Waals surface area contributed by atoms with E-state index in [0.29, 0.717) is 11.3 Å². The van der Waals surface area contributed by atoms with Gasteiger partial charge in [-0.3, -0.25) is 4.79 Å². The summed E-state index contributed by atoms with van der Waals surface area (Å²) >= 11 is 3.94. The van der Waals surface area contributed by atoms with Crippen molar-refractivity contribution in [2.45, 2.75) is 11.8 Å². The molecule has 0 radical (unpaired) electrons. The predicted octanol–water partition coefficient (Wildman–Crippen LogP) is 3.55. The summed E-state index contributed by atoms with van der Waals surface area (Å²) in [5, 5.41) is 11.7. The maximum Gasteiger partial charge on any atom is 0.255 e. The van der Waals surface area contributed by atoms with Crippen LogP contribution in [0.15, 0.2) is 41.3 Å². The number of thiol groups is 1. The summed E-state index contributed by atoms with van der Waals surface area (Å²) in [6, 6.07) is 11.1. The number of halogens is 1. The smallest absolute Gasteiger partial charge is 0.255 e. The molecule has 0 bridgehead atoms. The van der Waals surface area contributed by atoms with E-state index in [1.165, 1.54) is 18.2 Å². The first-order valence-corrected chi connectivity index (χ1v) is 6.27. The molecule has 0 aliphatic rings. The first kappa shape index (κ1) is 14.1. The first-order valence-electron chi connectivity index (χ1n) is 5.82. The Labute approximate surface area is 121 Å². The fraction of sp³-hybridized carbons (Fsp3) is 0.0667. The third-order valence-corrected chi connectivity index (χ3v) is 3.18. The Morgan fingerprint density at radius 3 is 2.75 bits per heavy atom. The van der Waals surface area contributed by atoms with Gasteiger partial charge in [-0.05, 0) is 36.8 Å². The van der Waals surface area contributed by atoms with E-state index in [4.69, 9.17) is 5.26 Å². The Balaban J connectivity index is 2.31. The maximum absolute atomic E-state index is 13.1. The summed E-state index contributed by atoms with van der Waals surface area (Å²) in [4.78, 5) is 12.2. The molecule has 0 aromatic heterocycles. The second kappa shape index (κ2) is 5.76. The zero-order chi connectivity index (χ0) is 14.7. The minimum atomic E-state index is -0.488. The zero-order valence-corrected chi connectivity index (χ0v) is 11.5. The van der Waals surface area contributed by atoms with E-state index in [0.717, 1.165) is 5.56 Å². The van der Waals surface area contributed by atoms with E-state index in [-0.39, 0.29) is 10.5 Å². The van der Waals surface area contributed by atoms with Crippen LogP contribution in [0.2, 0.25) is 0 Å². The molecule has 2 aromatic rings. The summed E-state index contributed by atoms with van der Waals surface area (Å²) in [6.45, 7) is 1.79. The lowest BCUT2D eigenvalue weighted by atomic mass is 10.1. The van der Waals surface area contributed by atoms with Gasteiger partial charge in [0.2, 0.25) is 0 Å². The molecule has 1 N–H and O–H groups in total. The highest BCUT2D eigenvalue weighted by Gasteiger charge is 2.11. The monoisotopic (exact) mass is 286 g/mol. The van der Waals surface area contributed by atoms with Crippen molar-refractivity contribution in [2.24, 2.45) is 0 Å². The molecule has 0 atom stereocenters. The minimum Gasteiger partial charge on any atom is -0.321 e. The molecule has 0 fully saturated rings. The number of carbonyl (C=O) groups is 1. The van der Waals surface area contributed by atoms with Gasteiger partial charge in [0, 0.05) is 10.5 Å². The molecular formula is C15H11FN2OS. The van der Waals surface area contributed by atoms with Crippen molar-refractivity contribution in [3.05, 3.63) is 58.9 Å². The lowest BCUT2D eigenvalue weighted by Gasteiger charge is -2.09.